The number of halogens is 2. The molecular formula is C20H19F2N3O2S3. The average molecular weight is 468 g/mol. The zero-order chi connectivity index (χ0) is 21.1. The zero-order valence-electron chi connectivity index (χ0n) is 15.9. The van der Waals surface area contributed by atoms with Crippen molar-refractivity contribution in [2.24, 2.45) is 0 Å². The third-order valence-corrected chi connectivity index (χ3v) is 7.66. The van der Waals surface area contributed by atoms with Crippen molar-refractivity contribution in [3.8, 4) is 0 Å². The van der Waals surface area contributed by atoms with E-state index in [1.807, 2.05) is 0 Å². The molecule has 1 aromatic carbocycles. The van der Waals surface area contributed by atoms with Crippen molar-refractivity contribution >= 4 is 56.7 Å². The van der Waals surface area contributed by atoms with Gasteiger partial charge in [-0.1, -0.05) is 23.9 Å². The Kier molecular flexibility index (Phi) is 6.74. The number of hydrogen-bond acceptors (Lipinski definition) is 6. The first-order valence-corrected chi connectivity index (χ1v) is 12.3. The molecule has 0 saturated heterocycles. The number of carbonyl (C=O) groups excluding carboxylic acids is 1. The van der Waals surface area contributed by atoms with E-state index in [1.165, 1.54) is 16.6 Å². The van der Waals surface area contributed by atoms with Crippen LogP contribution in [-0.4, -0.2) is 27.4 Å². The van der Waals surface area contributed by atoms with Gasteiger partial charge in [-0.25, -0.2) is 4.98 Å². The standard InChI is InChI=1S/C20H19F2N3O2S3/c21-20(22)30-14-6-2-1-5-12(14)23-16(26)8-9-28-10-15-24-18(27)17-11-4-3-7-13(11)29-19(17)25-15/h1-2,5-6,20H,3-4,7-10H2,(H,23,26)(H,24,25,27). The lowest BCUT2D eigenvalue weighted by Crippen LogP contribution is -2.13. The first-order chi connectivity index (χ1) is 14.5. The molecule has 3 aromatic rings. The summed E-state index contributed by atoms with van der Waals surface area (Å²) >= 11 is 3.51. The second-order valence-corrected chi connectivity index (χ2v) is 10.00. The quantitative estimate of drug-likeness (QED) is 0.358. The number of benzene rings is 1. The van der Waals surface area contributed by atoms with E-state index in [9.17, 15) is 18.4 Å². The van der Waals surface area contributed by atoms with E-state index < -0.39 is 5.76 Å². The first kappa shape index (κ1) is 21.3. The minimum atomic E-state index is -2.55. The van der Waals surface area contributed by atoms with Crippen molar-refractivity contribution in [1.29, 1.82) is 0 Å². The molecule has 1 amide bonds. The normalized spacial score (nSPS) is 13.2. The molecule has 158 valence electrons. The summed E-state index contributed by atoms with van der Waals surface area (Å²) < 4.78 is 25.3. The van der Waals surface area contributed by atoms with Crippen molar-refractivity contribution in [3.63, 3.8) is 0 Å². The number of thioether (sulfide) groups is 2. The summed E-state index contributed by atoms with van der Waals surface area (Å²) in [5.74, 6) is -1.15. The Labute approximate surface area is 184 Å². The van der Waals surface area contributed by atoms with Gasteiger partial charge >= 0.3 is 0 Å². The Morgan fingerprint density at radius 3 is 2.97 bits per heavy atom. The summed E-state index contributed by atoms with van der Waals surface area (Å²) in [6.45, 7) is 0. The second kappa shape index (κ2) is 9.49. The van der Waals surface area contributed by atoms with E-state index in [1.54, 1.807) is 35.6 Å². The van der Waals surface area contributed by atoms with Crippen molar-refractivity contribution in [3.05, 3.63) is 50.9 Å². The molecule has 1 aliphatic carbocycles. The van der Waals surface area contributed by atoms with E-state index >= 15 is 0 Å². The van der Waals surface area contributed by atoms with E-state index in [0.29, 0.717) is 39.7 Å². The minimum absolute atomic E-state index is 0.0825. The minimum Gasteiger partial charge on any atom is -0.325 e. The maximum atomic E-state index is 12.6. The smallest absolute Gasteiger partial charge is 0.288 e. The number of H-pyrrole nitrogens is 1. The summed E-state index contributed by atoms with van der Waals surface area (Å²) in [5.41, 5.74) is 1.46. The number of aromatic amines is 1. The number of alkyl halides is 2. The Morgan fingerprint density at radius 2 is 2.13 bits per heavy atom. The number of thiophene rings is 1. The van der Waals surface area contributed by atoms with Crippen LogP contribution >= 0.6 is 34.9 Å². The van der Waals surface area contributed by atoms with Crippen LogP contribution in [0.4, 0.5) is 14.5 Å². The SMILES string of the molecule is O=C(CCSCc1nc2sc3c(c2c(=O)[nH]1)CCC3)Nc1ccccc1SC(F)F. The first-order valence-electron chi connectivity index (χ1n) is 9.46. The van der Waals surface area contributed by atoms with Crippen LogP contribution in [0.2, 0.25) is 0 Å². The highest BCUT2D eigenvalue weighted by Crippen LogP contribution is 2.35. The molecule has 10 heteroatoms. The molecule has 5 nitrogen and oxygen atoms in total. The summed E-state index contributed by atoms with van der Waals surface area (Å²) in [6.07, 6.45) is 3.30. The van der Waals surface area contributed by atoms with E-state index in [2.05, 4.69) is 15.3 Å². The fourth-order valence-corrected chi connectivity index (χ4v) is 6.11. The van der Waals surface area contributed by atoms with Crippen LogP contribution in [-0.2, 0) is 23.4 Å². The lowest BCUT2D eigenvalue weighted by molar-refractivity contribution is -0.115. The fourth-order valence-electron chi connectivity index (χ4n) is 3.43. The molecule has 0 radical (unpaired) electrons. The summed E-state index contributed by atoms with van der Waals surface area (Å²) in [4.78, 5) is 34.5. The van der Waals surface area contributed by atoms with Crippen LogP contribution in [0.3, 0.4) is 0 Å². The number of para-hydroxylation sites is 1. The number of aromatic nitrogens is 2. The van der Waals surface area contributed by atoms with Crippen molar-refractivity contribution in [2.45, 2.75) is 42.1 Å². The highest BCUT2D eigenvalue weighted by atomic mass is 32.2. The number of rotatable bonds is 8. The molecule has 4 rings (SSSR count). The summed E-state index contributed by atoms with van der Waals surface area (Å²) in [5, 5.41) is 3.43. The summed E-state index contributed by atoms with van der Waals surface area (Å²) in [7, 11) is 0. The maximum Gasteiger partial charge on any atom is 0.288 e. The van der Waals surface area contributed by atoms with Crippen LogP contribution in [0.15, 0.2) is 34.0 Å². The van der Waals surface area contributed by atoms with Gasteiger partial charge in [0.25, 0.3) is 11.3 Å². The highest BCUT2D eigenvalue weighted by Gasteiger charge is 2.21. The molecule has 0 atom stereocenters. The maximum absolute atomic E-state index is 12.6. The average Bonchev–Trinajstić information content (AvgIpc) is 3.27. The molecule has 2 heterocycles. The number of carbonyl (C=O) groups is 1. The molecule has 0 bridgehead atoms. The molecule has 30 heavy (non-hydrogen) atoms. The molecule has 0 aliphatic heterocycles. The van der Waals surface area contributed by atoms with E-state index in [4.69, 9.17) is 0 Å². The fraction of sp³-hybridized carbons (Fsp3) is 0.350. The van der Waals surface area contributed by atoms with Crippen LogP contribution in [0.5, 0.6) is 0 Å². The van der Waals surface area contributed by atoms with E-state index in [-0.39, 0.29) is 17.9 Å². The lowest BCUT2D eigenvalue weighted by Gasteiger charge is -2.10. The lowest BCUT2D eigenvalue weighted by atomic mass is 10.2. The van der Waals surface area contributed by atoms with Gasteiger partial charge in [0, 0.05) is 21.9 Å². The zero-order valence-corrected chi connectivity index (χ0v) is 18.3. The number of hydrogen-bond donors (Lipinski definition) is 2. The third-order valence-electron chi connectivity index (χ3n) is 4.71. The molecular weight excluding hydrogens is 448 g/mol. The Morgan fingerprint density at radius 1 is 1.30 bits per heavy atom. The van der Waals surface area contributed by atoms with Crippen LogP contribution in [0.1, 0.15) is 29.1 Å². The predicted octanol–water partition coefficient (Wildman–Crippen LogP) is 5.05. The Balaban J connectivity index is 1.30. The van der Waals surface area contributed by atoms with Crippen molar-refractivity contribution < 1.29 is 13.6 Å². The number of fused-ring (bicyclic) bond motifs is 3. The van der Waals surface area contributed by atoms with Crippen molar-refractivity contribution in [1.82, 2.24) is 9.97 Å². The number of amides is 1. The summed E-state index contributed by atoms with van der Waals surface area (Å²) in [6, 6.07) is 6.51. The Hall–Kier alpha value is -1.91. The van der Waals surface area contributed by atoms with Gasteiger partial charge in [-0.2, -0.15) is 20.5 Å². The van der Waals surface area contributed by atoms with Gasteiger partial charge in [0.1, 0.15) is 10.7 Å². The van der Waals surface area contributed by atoms with Gasteiger partial charge in [0.15, 0.2) is 0 Å². The van der Waals surface area contributed by atoms with Gasteiger partial charge < -0.3 is 10.3 Å². The van der Waals surface area contributed by atoms with Gasteiger partial charge in [-0.3, -0.25) is 9.59 Å². The third kappa shape index (κ3) is 4.87. The molecule has 1 aliphatic rings. The Bertz CT molecular complexity index is 1130. The molecule has 2 aromatic heterocycles. The van der Waals surface area contributed by atoms with Gasteiger partial charge in [0.2, 0.25) is 5.91 Å². The second-order valence-electron chi connectivity index (χ2n) is 6.78. The largest absolute Gasteiger partial charge is 0.325 e. The molecule has 0 saturated carbocycles. The van der Waals surface area contributed by atoms with Gasteiger partial charge in [0.05, 0.1) is 16.8 Å². The molecule has 2 N–H and O–H groups in total. The monoisotopic (exact) mass is 467 g/mol. The molecule has 0 fully saturated rings. The van der Waals surface area contributed by atoms with Gasteiger partial charge in [-0.15, -0.1) is 11.3 Å². The number of nitrogens with one attached hydrogen (secondary N) is 2. The molecule has 0 unspecified atom stereocenters. The predicted molar refractivity (Wildman–Crippen MR) is 120 cm³/mol. The number of nitrogens with zero attached hydrogens (tertiary/aromatic N) is 1. The highest BCUT2D eigenvalue weighted by molar-refractivity contribution is 7.99. The number of aryl methyl sites for hydroxylation is 2. The molecule has 0 spiro atoms. The topological polar surface area (TPSA) is 74.8 Å². The van der Waals surface area contributed by atoms with Crippen LogP contribution in [0, 0.1) is 0 Å². The van der Waals surface area contributed by atoms with Crippen LogP contribution in [0.25, 0.3) is 10.2 Å². The van der Waals surface area contributed by atoms with E-state index in [0.717, 1.165) is 35.0 Å². The number of anilines is 1. The van der Waals surface area contributed by atoms with Crippen molar-refractivity contribution in [2.75, 3.05) is 11.1 Å². The van der Waals surface area contributed by atoms with Crippen LogP contribution < -0.4 is 10.9 Å². The van der Waals surface area contributed by atoms with Gasteiger partial charge in [-0.05, 0) is 37.0 Å².